The minimum atomic E-state index is 0.714. The van der Waals surface area contributed by atoms with E-state index in [1.807, 2.05) is 36.5 Å². The minimum Gasteiger partial charge on any atom is -0.373 e. The molecule has 0 aliphatic carbocycles. The number of aromatic nitrogens is 1. The van der Waals surface area contributed by atoms with Gasteiger partial charge in [-0.25, -0.2) is 0 Å². The monoisotopic (exact) mass is 554 g/mol. The van der Waals surface area contributed by atoms with Crippen LogP contribution in [-0.4, -0.2) is 11.8 Å². The Kier molecular flexibility index (Phi) is 6.90. The molecular formula is C40H30N2O. The Morgan fingerprint density at radius 3 is 1.63 bits per heavy atom. The van der Waals surface area contributed by atoms with Crippen molar-refractivity contribution in [3.05, 3.63) is 163 Å². The zero-order chi connectivity index (χ0) is 29.2. The fourth-order valence-electron chi connectivity index (χ4n) is 5.92. The Hall–Kier alpha value is -5.67. The predicted octanol–water partition coefficient (Wildman–Crippen LogP) is 9.81. The lowest BCUT2D eigenvalue weighted by Gasteiger charge is -2.19. The first-order chi connectivity index (χ1) is 21.2. The van der Waals surface area contributed by atoms with Crippen LogP contribution in [0.15, 0.2) is 157 Å². The quantitative estimate of drug-likeness (QED) is 0.188. The van der Waals surface area contributed by atoms with E-state index in [2.05, 4.69) is 121 Å². The van der Waals surface area contributed by atoms with E-state index in [4.69, 9.17) is 4.84 Å². The average Bonchev–Trinajstić information content (AvgIpc) is 3.08. The van der Waals surface area contributed by atoms with Crippen LogP contribution in [0.5, 0.6) is 5.75 Å². The Morgan fingerprint density at radius 2 is 1.02 bits per heavy atom. The lowest BCUT2D eigenvalue weighted by Crippen LogP contribution is -2.24. The first-order valence-corrected chi connectivity index (χ1v) is 14.4. The van der Waals surface area contributed by atoms with Crippen LogP contribution in [0.4, 0.5) is 0 Å². The number of fused-ring (bicyclic) bond motifs is 2. The molecule has 43 heavy (non-hydrogen) atoms. The first kappa shape index (κ1) is 26.2. The topological polar surface area (TPSA) is 26.5 Å². The van der Waals surface area contributed by atoms with Crippen molar-refractivity contribution in [1.29, 1.82) is 0 Å². The van der Waals surface area contributed by atoms with Crippen molar-refractivity contribution in [2.24, 2.45) is 4.99 Å². The van der Waals surface area contributed by atoms with Gasteiger partial charge in [0.2, 0.25) is 0 Å². The summed E-state index contributed by atoms with van der Waals surface area (Å²) in [5.74, 6) is 0.716. The van der Waals surface area contributed by atoms with Crippen molar-refractivity contribution >= 4 is 27.6 Å². The Balaban J connectivity index is 1.44. The molecule has 3 nitrogen and oxygen atoms in total. The van der Waals surface area contributed by atoms with E-state index in [0.29, 0.717) is 11.2 Å². The van der Waals surface area contributed by atoms with E-state index < -0.39 is 0 Å². The normalized spacial score (nSPS) is 11.6. The van der Waals surface area contributed by atoms with Gasteiger partial charge in [-0.1, -0.05) is 134 Å². The van der Waals surface area contributed by atoms with Crippen LogP contribution in [0.25, 0.3) is 61.0 Å². The molecule has 0 bridgehead atoms. The summed E-state index contributed by atoms with van der Waals surface area (Å²) in [6.07, 6.45) is 3.83. The maximum Gasteiger partial charge on any atom is 0.163 e. The van der Waals surface area contributed by atoms with Crippen molar-refractivity contribution in [3.63, 3.8) is 0 Å². The van der Waals surface area contributed by atoms with Gasteiger partial charge in [-0.2, -0.15) is 4.73 Å². The van der Waals surface area contributed by atoms with E-state index in [1.165, 1.54) is 43.8 Å². The lowest BCUT2D eigenvalue weighted by atomic mass is 9.86. The van der Waals surface area contributed by atoms with Gasteiger partial charge >= 0.3 is 0 Å². The summed E-state index contributed by atoms with van der Waals surface area (Å²) < 4.78 is 1.75. The van der Waals surface area contributed by atoms with Gasteiger partial charge in [0.25, 0.3) is 0 Å². The number of hydrogen-bond acceptors (Lipinski definition) is 2. The minimum absolute atomic E-state index is 0.714. The van der Waals surface area contributed by atoms with Crippen LogP contribution in [0.2, 0.25) is 0 Å². The molecule has 0 saturated carbocycles. The molecule has 0 radical (unpaired) electrons. The van der Waals surface area contributed by atoms with E-state index in [-0.39, 0.29) is 0 Å². The third kappa shape index (κ3) is 4.81. The molecular weight excluding hydrogens is 524 g/mol. The Labute approximate surface area is 251 Å². The summed E-state index contributed by atoms with van der Waals surface area (Å²) in [6.45, 7) is 3.95. The van der Waals surface area contributed by atoms with Gasteiger partial charge in [-0.3, -0.25) is 4.99 Å². The Morgan fingerprint density at radius 1 is 0.535 bits per heavy atom. The van der Waals surface area contributed by atoms with Gasteiger partial charge in [-0.05, 0) is 67.6 Å². The molecule has 0 amide bonds. The van der Waals surface area contributed by atoms with Crippen LogP contribution >= 0.6 is 0 Å². The van der Waals surface area contributed by atoms with Crippen molar-refractivity contribution in [2.75, 3.05) is 7.05 Å². The van der Waals surface area contributed by atoms with Crippen molar-refractivity contribution in [1.82, 2.24) is 4.73 Å². The molecule has 6 aromatic carbocycles. The molecule has 0 fully saturated rings. The second-order valence-electron chi connectivity index (χ2n) is 10.4. The molecule has 0 spiro atoms. The maximum absolute atomic E-state index is 6.40. The summed E-state index contributed by atoms with van der Waals surface area (Å²) in [5.41, 5.74) is 8.69. The maximum atomic E-state index is 6.40. The van der Waals surface area contributed by atoms with Gasteiger partial charge in [0.1, 0.15) is 0 Å². The molecule has 1 aromatic heterocycles. The summed E-state index contributed by atoms with van der Waals surface area (Å²) >= 11 is 0. The molecule has 3 heteroatoms. The molecule has 0 aliphatic heterocycles. The summed E-state index contributed by atoms with van der Waals surface area (Å²) in [6, 6.07) is 48.8. The van der Waals surface area contributed by atoms with Crippen LogP contribution in [-0.2, 0) is 0 Å². The highest BCUT2D eigenvalue weighted by Gasteiger charge is 2.17. The Bertz CT molecular complexity index is 2120. The molecule has 0 N–H and O–H groups in total. The van der Waals surface area contributed by atoms with Crippen LogP contribution in [0.1, 0.15) is 5.56 Å². The van der Waals surface area contributed by atoms with Crippen molar-refractivity contribution in [3.8, 4) is 39.1 Å². The molecule has 0 aliphatic rings. The van der Waals surface area contributed by atoms with E-state index >= 15 is 0 Å². The predicted molar refractivity (Wildman–Crippen MR) is 180 cm³/mol. The van der Waals surface area contributed by atoms with Crippen LogP contribution < -0.4 is 10.3 Å². The molecule has 0 unspecified atom stereocenters. The highest BCUT2D eigenvalue weighted by Crippen LogP contribution is 2.43. The number of para-hydroxylation sites is 1. The van der Waals surface area contributed by atoms with Gasteiger partial charge in [0.05, 0.1) is 6.20 Å². The third-order valence-electron chi connectivity index (χ3n) is 7.96. The fraction of sp³-hybridized carbons (Fsp3) is 0.0250. The summed E-state index contributed by atoms with van der Waals surface area (Å²) in [7, 11) is 1.77. The molecule has 0 saturated heterocycles. The first-order valence-electron chi connectivity index (χ1n) is 14.4. The fourth-order valence-corrected chi connectivity index (χ4v) is 5.92. The summed E-state index contributed by atoms with van der Waals surface area (Å²) in [5, 5.41) is 4.78. The molecule has 7 rings (SSSR count). The van der Waals surface area contributed by atoms with Crippen molar-refractivity contribution in [2.45, 2.75) is 0 Å². The third-order valence-corrected chi connectivity index (χ3v) is 7.96. The van der Waals surface area contributed by atoms with Gasteiger partial charge in [0, 0.05) is 18.2 Å². The van der Waals surface area contributed by atoms with E-state index in [9.17, 15) is 0 Å². The smallest absolute Gasteiger partial charge is 0.163 e. The largest absolute Gasteiger partial charge is 0.373 e. The zero-order valence-electron chi connectivity index (χ0n) is 23.9. The molecule has 7 aromatic rings. The average molecular weight is 555 g/mol. The lowest BCUT2D eigenvalue weighted by molar-refractivity contribution is 0.201. The molecule has 0 atom stereocenters. The van der Waals surface area contributed by atoms with E-state index in [0.717, 1.165) is 16.7 Å². The number of rotatable bonds is 6. The van der Waals surface area contributed by atoms with Crippen LogP contribution in [0.3, 0.4) is 0 Å². The highest BCUT2D eigenvalue weighted by atomic mass is 16.7. The number of benzene rings is 6. The standard InChI is InChI=1S/C40H30N2O/c1-3-28-13-7-12-20-37(28)43-42-27-32(25-26-38(42)41-2)40-35-18-10-8-16-33(35)39(34-17-9-11-19-36(34)40)31-23-21-30(22-24-31)29-14-5-4-6-15-29/h3-27H,1H2,2H3/b41-38-. The molecule has 206 valence electrons. The molecule has 1 heterocycles. The van der Waals surface area contributed by atoms with Gasteiger partial charge < -0.3 is 4.84 Å². The number of nitrogens with zero attached hydrogens (tertiary/aromatic N) is 2. The number of pyridine rings is 1. The second-order valence-corrected chi connectivity index (χ2v) is 10.4. The van der Waals surface area contributed by atoms with Crippen LogP contribution in [0, 0.1) is 0 Å². The second kappa shape index (κ2) is 11.3. The zero-order valence-corrected chi connectivity index (χ0v) is 23.9. The number of hydrogen-bond donors (Lipinski definition) is 0. The van der Waals surface area contributed by atoms with Gasteiger partial charge in [-0.15, -0.1) is 0 Å². The van der Waals surface area contributed by atoms with E-state index in [1.54, 1.807) is 17.9 Å². The highest BCUT2D eigenvalue weighted by molar-refractivity contribution is 6.21. The SMILES string of the molecule is C=Cc1ccccc1On1cc(-c2c3ccccc3c(-c3ccc(-c4ccccc4)cc3)c3ccccc23)cc/c1=N/C. The summed E-state index contributed by atoms with van der Waals surface area (Å²) in [4.78, 5) is 10.9. The van der Waals surface area contributed by atoms with Crippen molar-refractivity contribution < 1.29 is 4.84 Å². The van der Waals surface area contributed by atoms with Gasteiger partial charge in [0.15, 0.2) is 11.2 Å².